The number of sulfonamides is 1. The number of aryl methyl sites for hydroxylation is 1. The SMILES string of the molecule is Cc1ccc(F)cc1S(=O)(=O)Nc1ccc2c(c1)CCN2C(=O)c1cccs1. The highest BCUT2D eigenvalue weighted by molar-refractivity contribution is 7.92. The van der Waals surface area contributed by atoms with Crippen molar-refractivity contribution in [1.29, 1.82) is 0 Å². The van der Waals surface area contributed by atoms with Gasteiger partial charge in [-0.15, -0.1) is 11.3 Å². The van der Waals surface area contributed by atoms with Crippen molar-refractivity contribution in [2.45, 2.75) is 18.2 Å². The fraction of sp³-hybridized carbons (Fsp3) is 0.150. The molecular weight excluding hydrogens is 399 g/mol. The van der Waals surface area contributed by atoms with Crippen LogP contribution in [0.1, 0.15) is 20.8 Å². The Balaban J connectivity index is 1.60. The lowest BCUT2D eigenvalue weighted by molar-refractivity contribution is 0.0993. The molecule has 1 aliphatic rings. The van der Waals surface area contributed by atoms with Gasteiger partial charge in [-0.05, 0) is 66.2 Å². The van der Waals surface area contributed by atoms with Gasteiger partial charge in [0.25, 0.3) is 15.9 Å². The second kappa shape index (κ2) is 7.03. The molecule has 1 aromatic heterocycles. The van der Waals surface area contributed by atoms with E-state index in [1.165, 1.54) is 23.5 Å². The second-order valence-corrected chi connectivity index (χ2v) is 9.14. The largest absolute Gasteiger partial charge is 0.307 e. The van der Waals surface area contributed by atoms with Gasteiger partial charge in [0.15, 0.2) is 0 Å². The molecule has 8 heteroatoms. The third-order valence-corrected chi connectivity index (χ3v) is 7.03. The number of fused-ring (bicyclic) bond motifs is 1. The number of carbonyl (C=O) groups excluding carboxylic acids is 1. The summed E-state index contributed by atoms with van der Waals surface area (Å²) in [6, 6.07) is 12.4. The molecule has 28 heavy (non-hydrogen) atoms. The van der Waals surface area contributed by atoms with E-state index in [2.05, 4.69) is 4.72 Å². The average Bonchev–Trinajstić information content (AvgIpc) is 3.32. The molecule has 1 aliphatic heterocycles. The normalized spacial score (nSPS) is 13.4. The van der Waals surface area contributed by atoms with Gasteiger partial charge in [-0.1, -0.05) is 12.1 Å². The van der Waals surface area contributed by atoms with Crippen LogP contribution >= 0.6 is 11.3 Å². The van der Waals surface area contributed by atoms with Gasteiger partial charge in [0.1, 0.15) is 5.82 Å². The zero-order chi connectivity index (χ0) is 19.9. The molecular formula is C20H17FN2O3S2. The molecule has 2 aromatic carbocycles. The van der Waals surface area contributed by atoms with Crippen LogP contribution in [0, 0.1) is 12.7 Å². The van der Waals surface area contributed by atoms with E-state index in [-0.39, 0.29) is 10.8 Å². The first-order valence-corrected chi connectivity index (χ1v) is 11.0. The third-order valence-electron chi connectivity index (χ3n) is 4.64. The lowest BCUT2D eigenvalue weighted by Crippen LogP contribution is -2.28. The summed E-state index contributed by atoms with van der Waals surface area (Å²) in [5, 5.41) is 1.86. The number of nitrogens with zero attached hydrogens (tertiary/aromatic N) is 1. The molecule has 0 radical (unpaired) electrons. The van der Waals surface area contributed by atoms with E-state index in [1.807, 2.05) is 11.4 Å². The Bertz CT molecular complexity index is 1160. The maximum Gasteiger partial charge on any atom is 0.268 e. The van der Waals surface area contributed by atoms with E-state index in [0.717, 1.165) is 17.3 Å². The zero-order valence-electron chi connectivity index (χ0n) is 15.0. The number of amides is 1. The van der Waals surface area contributed by atoms with Gasteiger partial charge in [0, 0.05) is 17.9 Å². The minimum atomic E-state index is -3.92. The van der Waals surface area contributed by atoms with Gasteiger partial charge in [0.2, 0.25) is 0 Å². The second-order valence-electron chi connectivity index (χ2n) is 6.54. The molecule has 144 valence electrons. The van der Waals surface area contributed by atoms with Crippen molar-refractivity contribution in [1.82, 2.24) is 0 Å². The molecule has 0 spiro atoms. The Hall–Kier alpha value is -2.71. The van der Waals surface area contributed by atoms with Gasteiger partial charge >= 0.3 is 0 Å². The number of anilines is 2. The number of hydrogen-bond acceptors (Lipinski definition) is 4. The van der Waals surface area contributed by atoms with Crippen molar-refractivity contribution >= 4 is 38.6 Å². The minimum absolute atomic E-state index is 0.0579. The summed E-state index contributed by atoms with van der Waals surface area (Å²) >= 11 is 1.39. The number of nitrogens with one attached hydrogen (secondary N) is 1. The Kier molecular flexibility index (Phi) is 4.68. The first-order chi connectivity index (χ1) is 13.3. The van der Waals surface area contributed by atoms with Crippen LogP contribution in [-0.2, 0) is 16.4 Å². The molecule has 3 aromatic rings. The smallest absolute Gasteiger partial charge is 0.268 e. The standard InChI is InChI=1S/C20H17FN2O3S2/c1-13-4-5-15(21)12-19(13)28(25,26)22-16-6-7-17-14(11-16)8-9-23(17)20(24)18-3-2-10-27-18/h2-7,10-12,22H,8-9H2,1H3. The van der Waals surface area contributed by atoms with Crippen LogP contribution in [0.4, 0.5) is 15.8 Å². The van der Waals surface area contributed by atoms with Gasteiger partial charge < -0.3 is 4.90 Å². The Labute approximate surface area is 166 Å². The maximum absolute atomic E-state index is 13.5. The molecule has 0 fully saturated rings. The average molecular weight is 416 g/mol. The van der Waals surface area contributed by atoms with Crippen molar-refractivity contribution in [3.05, 3.63) is 75.7 Å². The molecule has 0 saturated carbocycles. The lowest BCUT2D eigenvalue weighted by atomic mass is 10.1. The lowest BCUT2D eigenvalue weighted by Gasteiger charge is -2.17. The fourth-order valence-corrected chi connectivity index (χ4v) is 5.26. The minimum Gasteiger partial charge on any atom is -0.307 e. The van der Waals surface area contributed by atoms with Crippen molar-refractivity contribution in [2.75, 3.05) is 16.2 Å². The zero-order valence-corrected chi connectivity index (χ0v) is 16.6. The Morgan fingerprint density at radius 3 is 2.75 bits per heavy atom. The van der Waals surface area contributed by atoms with E-state index < -0.39 is 15.8 Å². The monoisotopic (exact) mass is 416 g/mol. The summed E-state index contributed by atoms with van der Waals surface area (Å²) in [6.07, 6.45) is 0.640. The molecule has 0 bridgehead atoms. The van der Waals surface area contributed by atoms with Gasteiger partial charge in [0.05, 0.1) is 9.77 Å². The van der Waals surface area contributed by atoms with E-state index in [1.54, 1.807) is 36.1 Å². The van der Waals surface area contributed by atoms with Gasteiger partial charge in [-0.2, -0.15) is 0 Å². The quantitative estimate of drug-likeness (QED) is 0.693. The highest BCUT2D eigenvalue weighted by Crippen LogP contribution is 2.33. The van der Waals surface area contributed by atoms with Crippen LogP contribution in [0.25, 0.3) is 0 Å². The predicted molar refractivity (Wildman–Crippen MR) is 108 cm³/mol. The molecule has 1 N–H and O–H groups in total. The number of thiophene rings is 1. The topological polar surface area (TPSA) is 66.5 Å². The van der Waals surface area contributed by atoms with E-state index in [9.17, 15) is 17.6 Å². The summed E-state index contributed by atoms with van der Waals surface area (Å²) in [4.78, 5) is 14.9. The van der Waals surface area contributed by atoms with Crippen molar-refractivity contribution in [3.63, 3.8) is 0 Å². The number of benzene rings is 2. The van der Waals surface area contributed by atoms with Crippen LogP contribution in [0.3, 0.4) is 0 Å². The van der Waals surface area contributed by atoms with E-state index in [4.69, 9.17) is 0 Å². The molecule has 2 heterocycles. The molecule has 4 rings (SSSR count). The van der Waals surface area contributed by atoms with Crippen LogP contribution < -0.4 is 9.62 Å². The van der Waals surface area contributed by atoms with Crippen LogP contribution in [0.15, 0.2) is 58.8 Å². The van der Waals surface area contributed by atoms with Gasteiger partial charge in [-0.3, -0.25) is 9.52 Å². The van der Waals surface area contributed by atoms with Crippen LogP contribution in [-0.4, -0.2) is 20.9 Å². The summed E-state index contributed by atoms with van der Waals surface area (Å²) < 4.78 is 41.3. The molecule has 0 saturated heterocycles. The van der Waals surface area contributed by atoms with Crippen molar-refractivity contribution in [2.24, 2.45) is 0 Å². The Morgan fingerprint density at radius 1 is 1.18 bits per heavy atom. The maximum atomic E-state index is 13.5. The number of rotatable bonds is 4. The van der Waals surface area contributed by atoms with Crippen molar-refractivity contribution in [3.8, 4) is 0 Å². The molecule has 5 nitrogen and oxygen atoms in total. The number of carbonyl (C=O) groups is 1. The Morgan fingerprint density at radius 2 is 2.00 bits per heavy atom. The highest BCUT2D eigenvalue weighted by atomic mass is 32.2. The predicted octanol–water partition coefficient (Wildman–Crippen LogP) is 4.20. The first kappa shape index (κ1) is 18.6. The number of hydrogen-bond donors (Lipinski definition) is 1. The van der Waals surface area contributed by atoms with Gasteiger partial charge in [-0.25, -0.2) is 12.8 Å². The summed E-state index contributed by atoms with van der Waals surface area (Å²) in [5.74, 6) is -0.667. The fourth-order valence-electron chi connectivity index (χ4n) is 3.28. The number of halogens is 1. The molecule has 0 unspecified atom stereocenters. The first-order valence-electron chi connectivity index (χ1n) is 8.62. The summed E-state index contributed by atoms with van der Waals surface area (Å²) in [5.41, 5.74) is 2.51. The van der Waals surface area contributed by atoms with Crippen molar-refractivity contribution < 1.29 is 17.6 Å². The molecule has 0 atom stereocenters. The molecule has 1 amide bonds. The molecule has 0 aliphatic carbocycles. The van der Waals surface area contributed by atoms with E-state index >= 15 is 0 Å². The highest BCUT2D eigenvalue weighted by Gasteiger charge is 2.27. The third kappa shape index (κ3) is 3.41. The van der Waals surface area contributed by atoms with Crippen LogP contribution in [0.5, 0.6) is 0 Å². The van der Waals surface area contributed by atoms with Crippen LogP contribution in [0.2, 0.25) is 0 Å². The summed E-state index contributed by atoms with van der Waals surface area (Å²) in [7, 11) is -3.92. The van der Waals surface area contributed by atoms with E-state index in [0.29, 0.717) is 29.1 Å². The summed E-state index contributed by atoms with van der Waals surface area (Å²) in [6.45, 7) is 2.16.